The third-order valence-electron chi connectivity index (χ3n) is 4.93. The van der Waals surface area contributed by atoms with Crippen molar-refractivity contribution >= 4 is 5.91 Å². The number of amides is 1. The molecule has 1 heterocycles. The maximum Gasteiger partial charge on any atom is 0.254 e. The molecule has 1 aliphatic heterocycles. The number of hydrogen-bond donors (Lipinski definition) is 1. The third kappa shape index (κ3) is 3.53. The van der Waals surface area contributed by atoms with Gasteiger partial charge in [0.2, 0.25) is 0 Å². The minimum atomic E-state index is -1.00. The van der Waals surface area contributed by atoms with Crippen LogP contribution in [-0.4, -0.2) is 59.1 Å². The van der Waals surface area contributed by atoms with E-state index in [1.54, 1.807) is 4.90 Å². The second kappa shape index (κ2) is 6.93. The Kier molecular flexibility index (Phi) is 4.92. The minimum absolute atomic E-state index is 0.176. The summed E-state index contributed by atoms with van der Waals surface area (Å²) in [7, 11) is 0. The molecule has 1 aliphatic carbocycles. The molecule has 1 saturated heterocycles. The Bertz CT molecular complexity index is 574. The number of carbonyl (C=O) groups is 1. The Morgan fingerprint density at radius 2 is 1.74 bits per heavy atom. The van der Waals surface area contributed by atoms with Crippen molar-refractivity contribution in [1.29, 1.82) is 0 Å². The lowest BCUT2D eigenvalue weighted by Gasteiger charge is -2.42. The largest absolute Gasteiger partial charge is 0.391 e. The molecule has 1 N–H and O–H groups in total. The van der Waals surface area contributed by atoms with E-state index in [0.29, 0.717) is 26.2 Å². The molecule has 4 nitrogen and oxygen atoms in total. The normalized spacial score (nSPS) is 26.3. The summed E-state index contributed by atoms with van der Waals surface area (Å²) in [4.78, 5) is 16.3. The van der Waals surface area contributed by atoms with Crippen LogP contribution < -0.4 is 0 Å². The Hall–Kier alpha value is -1.53. The first-order chi connectivity index (χ1) is 11.1. The first kappa shape index (κ1) is 16.3. The van der Waals surface area contributed by atoms with Gasteiger partial charge in [0.1, 0.15) is 0 Å². The van der Waals surface area contributed by atoms with Crippen molar-refractivity contribution in [3.63, 3.8) is 0 Å². The summed E-state index contributed by atoms with van der Waals surface area (Å²) >= 11 is 0. The van der Waals surface area contributed by atoms with Crippen LogP contribution in [0.25, 0.3) is 0 Å². The van der Waals surface area contributed by atoms with Crippen molar-refractivity contribution in [3.8, 4) is 0 Å². The summed E-state index contributed by atoms with van der Waals surface area (Å²) in [6.45, 7) is 2.50. The number of carbonyl (C=O) groups excluding carboxylic acids is 1. The first-order valence-electron chi connectivity index (χ1n) is 8.22. The molecule has 0 spiro atoms. The van der Waals surface area contributed by atoms with Crippen LogP contribution >= 0.6 is 0 Å². The third-order valence-corrected chi connectivity index (χ3v) is 4.93. The number of aliphatic hydroxyl groups is 1. The highest BCUT2D eigenvalue weighted by Gasteiger charge is 2.32. The van der Waals surface area contributed by atoms with Gasteiger partial charge in [-0.05, 0) is 31.0 Å². The van der Waals surface area contributed by atoms with Gasteiger partial charge in [0.15, 0.2) is 11.6 Å². The lowest BCUT2D eigenvalue weighted by Crippen LogP contribution is -2.55. The van der Waals surface area contributed by atoms with Gasteiger partial charge < -0.3 is 10.0 Å². The average Bonchev–Trinajstić information content (AvgIpc) is 2.57. The summed E-state index contributed by atoms with van der Waals surface area (Å²) in [5.41, 5.74) is 0.176. The summed E-state index contributed by atoms with van der Waals surface area (Å²) in [6, 6.07) is 3.44. The molecule has 1 aromatic carbocycles. The highest BCUT2D eigenvalue weighted by atomic mass is 19.2. The van der Waals surface area contributed by atoms with Crippen LogP contribution in [0.3, 0.4) is 0 Å². The van der Waals surface area contributed by atoms with Crippen molar-refractivity contribution in [2.45, 2.75) is 37.8 Å². The second-order valence-electron chi connectivity index (χ2n) is 6.38. The van der Waals surface area contributed by atoms with Gasteiger partial charge in [-0.2, -0.15) is 0 Å². The van der Waals surface area contributed by atoms with E-state index in [1.807, 2.05) is 0 Å². The van der Waals surface area contributed by atoms with Gasteiger partial charge in [-0.15, -0.1) is 0 Å². The molecule has 2 fully saturated rings. The molecular weight excluding hydrogens is 302 g/mol. The van der Waals surface area contributed by atoms with E-state index in [-0.39, 0.29) is 23.6 Å². The van der Waals surface area contributed by atoms with Crippen molar-refractivity contribution in [2.24, 2.45) is 0 Å². The summed E-state index contributed by atoms with van der Waals surface area (Å²) < 4.78 is 26.2. The number of halogens is 2. The van der Waals surface area contributed by atoms with Gasteiger partial charge in [0.05, 0.1) is 6.10 Å². The highest BCUT2D eigenvalue weighted by molar-refractivity contribution is 5.94. The van der Waals surface area contributed by atoms with E-state index in [2.05, 4.69) is 4.90 Å². The van der Waals surface area contributed by atoms with Crippen molar-refractivity contribution in [3.05, 3.63) is 35.4 Å². The molecule has 6 heteroatoms. The molecule has 1 amide bonds. The fourth-order valence-electron chi connectivity index (χ4n) is 3.59. The van der Waals surface area contributed by atoms with Gasteiger partial charge in [-0.3, -0.25) is 9.69 Å². The van der Waals surface area contributed by atoms with E-state index in [9.17, 15) is 18.7 Å². The Morgan fingerprint density at radius 3 is 2.39 bits per heavy atom. The maximum atomic E-state index is 13.3. The van der Waals surface area contributed by atoms with Crippen molar-refractivity contribution in [1.82, 2.24) is 9.80 Å². The van der Waals surface area contributed by atoms with Crippen LogP contribution in [0.4, 0.5) is 8.78 Å². The van der Waals surface area contributed by atoms with E-state index in [4.69, 9.17) is 0 Å². The van der Waals surface area contributed by atoms with Gasteiger partial charge in [-0.1, -0.05) is 12.8 Å². The van der Waals surface area contributed by atoms with Gasteiger partial charge in [-0.25, -0.2) is 8.78 Å². The van der Waals surface area contributed by atoms with E-state index in [0.717, 1.165) is 37.8 Å². The number of nitrogens with zero attached hydrogens (tertiary/aromatic N) is 2. The van der Waals surface area contributed by atoms with Gasteiger partial charge >= 0.3 is 0 Å². The molecule has 0 radical (unpaired) electrons. The van der Waals surface area contributed by atoms with Crippen LogP contribution in [0, 0.1) is 11.6 Å². The summed E-state index contributed by atoms with van der Waals surface area (Å²) in [5.74, 6) is -2.22. The predicted octanol–water partition coefficient (Wildman–Crippen LogP) is 2.03. The smallest absolute Gasteiger partial charge is 0.254 e. The van der Waals surface area contributed by atoms with Crippen LogP contribution in [0.5, 0.6) is 0 Å². The van der Waals surface area contributed by atoms with E-state index >= 15 is 0 Å². The Morgan fingerprint density at radius 1 is 1.04 bits per heavy atom. The molecule has 1 aromatic rings. The lowest BCUT2D eigenvalue weighted by molar-refractivity contribution is -0.00173. The summed E-state index contributed by atoms with van der Waals surface area (Å²) in [6.07, 6.45) is 3.77. The molecule has 0 bridgehead atoms. The van der Waals surface area contributed by atoms with Crippen LogP contribution in [0.2, 0.25) is 0 Å². The zero-order chi connectivity index (χ0) is 16.4. The number of aliphatic hydroxyl groups excluding tert-OH is 1. The lowest BCUT2D eigenvalue weighted by atomic mass is 9.91. The standard InChI is InChI=1S/C17H22F2N2O2/c18-13-6-5-12(11-14(13)19)17(23)21-9-7-20(8-10-21)15-3-1-2-4-16(15)22/h5-6,11,15-16,22H,1-4,7-10H2. The predicted molar refractivity (Wildman–Crippen MR) is 82.1 cm³/mol. The Labute approximate surface area is 134 Å². The second-order valence-corrected chi connectivity index (χ2v) is 6.38. The molecule has 2 aliphatic rings. The SMILES string of the molecule is O=C(c1ccc(F)c(F)c1)N1CCN(C2CCCCC2O)CC1. The quantitative estimate of drug-likeness (QED) is 0.905. The molecule has 3 rings (SSSR count). The summed E-state index contributed by atoms with van der Waals surface area (Å²) in [5, 5.41) is 10.1. The number of piperazine rings is 1. The maximum absolute atomic E-state index is 13.3. The Balaban J connectivity index is 1.59. The fourth-order valence-corrected chi connectivity index (χ4v) is 3.59. The van der Waals surface area contributed by atoms with Crippen molar-refractivity contribution < 1.29 is 18.7 Å². The van der Waals surface area contributed by atoms with Crippen LogP contribution in [-0.2, 0) is 0 Å². The highest BCUT2D eigenvalue weighted by Crippen LogP contribution is 2.24. The topological polar surface area (TPSA) is 43.8 Å². The van der Waals surface area contributed by atoms with Crippen molar-refractivity contribution in [2.75, 3.05) is 26.2 Å². The molecule has 1 saturated carbocycles. The number of rotatable bonds is 2. The number of hydrogen-bond acceptors (Lipinski definition) is 3. The average molecular weight is 324 g/mol. The molecule has 0 aromatic heterocycles. The molecule has 2 atom stereocenters. The van der Waals surface area contributed by atoms with Crippen LogP contribution in [0.15, 0.2) is 18.2 Å². The molecule has 2 unspecified atom stereocenters. The van der Waals surface area contributed by atoms with Crippen LogP contribution in [0.1, 0.15) is 36.0 Å². The van der Waals surface area contributed by atoms with Gasteiger partial charge in [0, 0.05) is 37.8 Å². The van der Waals surface area contributed by atoms with E-state index < -0.39 is 11.6 Å². The molecule has 126 valence electrons. The van der Waals surface area contributed by atoms with E-state index in [1.165, 1.54) is 6.07 Å². The zero-order valence-electron chi connectivity index (χ0n) is 13.0. The monoisotopic (exact) mass is 324 g/mol. The fraction of sp³-hybridized carbons (Fsp3) is 0.588. The number of benzene rings is 1. The molecular formula is C17H22F2N2O2. The zero-order valence-corrected chi connectivity index (χ0v) is 13.0. The van der Waals surface area contributed by atoms with Gasteiger partial charge in [0.25, 0.3) is 5.91 Å². The molecule has 23 heavy (non-hydrogen) atoms. The minimum Gasteiger partial charge on any atom is -0.391 e. The first-order valence-corrected chi connectivity index (χ1v) is 8.22.